The molecule has 8 rings (SSSR count). The molecule has 0 spiro atoms. The molecule has 0 nitrogen and oxygen atoms in total. The first kappa shape index (κ1) is 29.2. The summed E-state index contributed by atoms with van der Waals surface area (Å²) in [5.74, 6) is 0. The Kier molecular flexibility index (Phi) is 8.05. The van der Waals surface area contributed by atoms with Gasteiger partial charge in [0.15, 0.2) is 0 Å². The van der Waals surface area contributed by atoms with Crippen LogP contribution in [0.4, 0.5) is 0 Å². The minimum Gasteiger partial charge on any atom is -0.0622 e. The summed E-state index contributed by atoms with van der Waals surface area (Å²) in [6.45, 7) is 0. The smallest absolute Gasteiger partial charge is 0.00143 e. The summed E-state index contributed by atoms with van der Waals surface area (Å²) in [5.41, 5.74) is 16.9. The van der Waals surface area contributed by atoms with Crippen molar-refractivity contribution in [2.24, 2.45) is 0 Å². The Labute approximate surface area is 283 Å². The number of hydrogen-bond acceptors (Lipinski definition) is 0. The standard InChI is InChI=1S/C48H34/c1-6-20-35(21-7-1)40-30-16-17-31-41(40)42-32-18-19-33-43(42)45-34-44(36-22-8-2-9-23-36)46(37-24-10-3-11-25-37)48(39-28-14-5-15-29-39)47(45)38-26-12-4-13-27-38/h1-34H. The number of rotatable bonds is 7. The van der Waals surface area contributed by atoms with Crippen LogP contribution >= 0.6 is 0 Å². The fourth-order valence-electron chi connectivity index (χ4n) is 6.98. The number of benzene rings is 8. The van der Waals surface area contributed by atoms with E-state index < -0.39 is 0 Å². The first-order chi connectivity index (χ1) is 23.9. The molecule has 0 aliphatic carbocycles. The number of hydrogen-bond donors (Lipinski definition) is 0. The van der Waals surface area contributed by atoms with Crippen LogP contribution in [0.3, 0.4) is 0 Å². The van der Waals surface area contributed by atoms with Gasteiger partial charge in [0.2, 0.25) is 0 Å². The predicted molar refractivity (Wildman–Crippen MR) is 204 cm³/mol. The zero-order valence-electron chi connectivity index (χ0n) is 26.6. The van der Waals surface area contributed by atoms with Gasteiger partial charge in [-0.3, -0.25) is 0 Å². The van der Waals surface area contributed by atoms with Gasteiger partial charge in [-0.2, -0.15) is 0 Å². The van der Waals surface area contributed by atoms with Crippen molar-refractivity contribution in [3.05, 3.63) is 206 Å². The predicted octanol–water partition coefficient (Wildman–Crippen LogP) is 13.4. The molecule has 0 fully saturated rings. The lowest BCUT2D eigenvalue weighted by atomic mass is 9.77. The average molecular weight is 611 g/mol. The van der Waals surface area contributed by atoms with Crippen LogP contribution in [0.15, 0.2) is 206 Å². The van der Waals surface area contributed by atoms with Gasteiger partial charge in [0.05, 0.1) is 0 Å². The molecule has 0 heterocycles. The molecule has 0 aliphatic rings. The van der Waals surface area contributed by atoms with Crippen LogP contribution in [0, 0.1) is 0 Å². The lowest BCUT2D eigenvalue weighted by Gasteiger charge is -2.25. The minimum atomic E-state index is 1.19. The zero-order chi connectivity index (χ0) is 32.1. The van der Waals surface area contributed by atoms with Crippen LogP contribution in [-0.2, 0) is 0 Å². The Morgan fingerprint density at radius 3 is 0.875 bits per heavy atom. The monoisotopic (exact) mass is 610 g/mol. The highest BCUT2D eigenvalue weighted by molar-refractivity contribution is 6.09. The van der Waals surface area contributed by atoms with Crippen LogP contribution in [0.1, 0.15) is 0 Å². The summed E-state index contributed by atoms with van der Waals surface area (Å²) in [6.07, 6.45) is 0. The molecule has 0 N–H and O–H groups in total. The second-order valence-electron chi connectivity index (χ2n) is 12.0. The van der Waals surface area contributed by atoms with Gasteiger partial charge in [-0.15, -0.1) is 0 Å². The second kappa shape index (κ2) is 13.2. The molecule has 226 valence electrons. The molecule has 8 aromatic carbocycles. The van der Waals surface area contributed by atoms with Crippen molar-refractivity contribution in [2.45, 2.75) is 0 Å². The van der Waals surface area contributed by atoms with E-state index in [1.165, 1.54) is 77.9 Å². The van der Waals surface area contributed by atoms with Gasteiger partial charge in [-0.25, -0.2) is 0 Å². The molecule has 0 amide bonds. The van der Waals surface area contributed by atoms with E-state index in [9.17, 15) is 0 Å². The lowest BCUT2D eigenvalue weighted by Crippen LogP contribution is -1.99. The molecule has 0 heteroatoms. The van der Waals surface area contributed by atoms with E-state index in [1.54, 1.807) is 0 Å². The van der Waals surface area contributed by atoms with E-state index >= 15 is 0 Å². The Morgan fingerprint density at radius 2 is 0.438 bits per heavy atom. The van der Waals surface area contributed by atoms with Gasteiger partial charge in [0, 0.05) is 0 Å². The fraction of sp³-hybridized carbons (Fsp3) is 0. The second-order valence-corrected chi connectivity index (χ2v) is 12.0. The minimum absolute atomic E-state index is 1.19. The summed E-state index contributed by atoms with van der Waals surface area (Å²) in [6, 6.07) is 74.4. The van der Waals surface area contributed by atoms with Gasteiger partial charge >= 0.3 is 0 Å². The Hall–Kier alpha value is -6.24. The molecule has 0 radical (unpaired) electrons. The summed E-state index contributed by atoms with van der Waals surface area (Å²) in [7, 11) is 0. The molecule has 0 saturated carbocycles. The van der Waals surface area contributed by atoms with Crippen LogP contribution < -0.4 is 0 Å². The molecule has 0 unspecified atom stereocenters. The summed E-state index contributed by atoms with van der Waals surface area (Å²) in [4.78, 5) is 0. The molecule has 8 aromatic rings. The van der Waals surface area contributed by atoms with Gasteiger partial charge in [-0.05, 0) is 84.0 Å². The summed E-state index contributed by atoms with van der Waals surface area (Å²) >= 11 is 0. The van der Waals surface area contributed by atoms with Crippen LogP contribution in [0.25, 0.3) is 77.9 Å². The SMILES string of the molecule is c1ccc(-c2ccccc2-c2ccccc2-c2cc(-c3ccccc3)c(-c3ccccc3)c(-c3ccccc3)c2-c2ccccc2)cc1. The first-order valence-corrected chi connectivity index (χ1v) is 16.5. The third-order valence-corrected chi connectivity index (χ3v) is 9.12. The topological polar surface area (TPSA) is 0 Å². The Morgan fingerprint density at radius 1 is 0.167 bits per heavy atom. The maximum absolute atomic E-state index is 2.44. The molecule has 0 atom stereocenters. The third-order valence-electron chi connectivity index (χ3n) is 9.12. The van der Waals surface area contributed by atoms with Crippen molar-refractivity contribution in [3.8, 4) is 77.9 Å². The average Bonchev–Trinajstić information content (AvgIpc) is 3.19. The summed E-state index contributed by atoms with van der Waals surface area (Å²) in [5, 5.41) is 0. The Balaban J connectivity index is 1.54. The van der Waals surface area contributed by atoms with Gasteiger partial charge in [0.1, 0.15) is 0 Å². The quantitative estimate of drug-likeness (QED) is 0.168. The van der Waals surface area contributed by atoms with Crippen LogP contribution in [-0.4, -0.2) is 0 Å². The van der Waals surface area contributed by atoms with E-state index in [-0.39, 0.29) is 0 Å². The van der Waals surface area contributed by atoms with E-state index in [4.69, 9.17) is 0 Å². The van der Waals surface area contributed by atoms with Crippen molar-refractivity contribution >= 4 is 0 Å². The van der Waals surface area contributed by atoms with Gasteiger partial charge < -0.3 is 0 Å². The van der Waals surface area contributed by atoms with E-state index in [1.807, 2.05) is 0 Å². The van der Waals surface area contributed by atoms with Crippen molar-refractivity contribution in [2.75, 3.05) is 0 Å². The van der Waals surface area contributed by atoms with Crippen LogP contribution in [0.2, 0.25) is 0 Å². The maximum Gasteiger partial charge on any atom is -0.00143 e. The third kappa shape index (κ3) is 5.55. The van der Waals surface area contributed by atoms with E-state index in [0.29, 0.717) is 0 Å². The first-order valence-electron chi connectivity index (χ1n) is 16.5. The van der Waals surface area contributed by atoms with Crippen molar-refractivity contribution in [3.63, 3.8) is 0 Å². The molecular weight excluding hydrogens is 577 g/mol. The van der Waals surface area contributed by atoms with Crippen molar-refractivity contribution in [1.82, 2.24) is 0 Å². The highest BCUT2D eigenvalue weighted by Crippen LogP contribution is 2.51. The largest absolute Gasteiger partial charge is 0.0622 e. The molecular formula is C48H34. The molecule has 0 saturated heterocycles. The summed E-state index contributed by atoms with van der Waals surface area (Å²) < 4.78 is 0. The van der Waals surface area contributed by atoms with E-state index in [0.717, 1.165) is 0 Å². The van der Waals surface area contributed by atoms with Crippen molar-refractivity contribution < 1.29 is 0 Å². The van der Waals surface area contributed by atoms with Gasteiger partial charge in [-0.1, -0.05) is 200 Å². The van der Waals surface area contributed by atoms with E-state index in [2.05, 4.69) is 206 Å². The van der Waals surface area contributed by atoms with Crippen molar-refractivity contribution in [1.29, 1.82) is 0 Å². The highest BCUT2D eigenvalue weighted by atomic mass is 14.3. The zero-order valence-corrected chi connectivity index (χ0v) is 26.6. The lowest BCUT2D eigenvalue weighted by molar-refractivity contribution is 1.52. The molecule has 48 heavy (non-hydrogen) atoms. The maximum atomic E-state index is 2.44. The Bertz CT molecular complexity index is 2290. The van der Waals surface area contributed by atoms with Crippen LogP contribution in [0.5, 0.6) is 0 Å². The normalized spacial score (nSPS) is 10.9. The molecule has 0 aliphatic heterocycles. The highest BCUT2D eigenvalue weighted by Gasteiger charge is 2.25. The molecule has 0 bridgehead atoms. The fourth-order valence-corrected chi connectivity index (χ4v) is 6.98. The van der Waals surface area contributed by atoms with Gasteiger partial charge in [0.25, 0.3) is 0 Å². The molecule has 0 aromatic heterocycles.